The molecule has 62 valence electrons. The van der Waals surface area contributed by atoms with Gasteiger partial charge in [-0.1, -0.05) is 0 Å². The molecule has 4 atom stereocenters. The van der Waals surface area contributed by atoms with Crippen LogP contribution in [0.3, 0.4) is 0 Å². The van der Waals surface area contributed by atoms with E-state index < -0.39 is 5.97 Å². The summed E-state index contributed by atoms with van der Waals surface area (Å²) in [4.78, 5) is 10.6. The van der Waals surface area contributed by atoms with Crippen LogP contribution in [0.4, 0.5) is 0 Å². The molecule has 3 nitrogen and oxygen atoms in total. The Kier molecular flexibility index (Phi) is 1.42. The third kappa shape index (κ3) is 0.948. The van der Waals surface area contributed by atoms with Crippen molar-refractivity contribution < 1.29 is 15.0 Å². The van der Waals surface area contributed by atoms with Crippen molar-refractivity contribution in [3.8, 4) is 0 Å². The fourth-order valence-electron chi connectivity index (χ4n) is 2.60. The van der Waals surface area contributed by atoms with Crippen molar-refractivity contribution in [3.63, 3.8) is 0 Å². The van der Waals surface area contributed by atoms with Gasteiger partial charge in [-0.05, 0) is 31.1 Å². The van der Waals surface area contributed by atoms with Gasteiger partial charge in [-0.25, -0.2) is 0 Å². The van der Waals surface area contributed by atoms with E-state index in [9.17, 15) is 9.90 Å². The van der Waals surface area contributed by atoms with E-state index in [1.807, 2.05) is 0 Å². The van der Waals surface area contributed by atoms with Gasteiger partial charge in [0.25, 0.3) is 0 Å². The third-order valence-electron chi connectivity index (χ3n) is 3.10. The highest BCUT2D eigenvalue weighted by Gasteiger charge is 2.48. The van der Waals surface area contributed by atoms with Crippen molar-refractivity contribution in [2.45, 2.75) is 25.4 Å². The van der Waals surface area contributed by atoms with Crippen molar-refractivity contribution in [1.29, 1.82) is 0 Å². The average Bonchev–Trinajstić information content (AvgIpc) is 2.43. The first-order chi connectivity index (χ1) is 5.18. The Labute approximate surface area is 65.0 Å². The normalized spacial score (nSPS) is 48.1. The van der Waals surface area contributed by atoms with Crippen molar-refractivity contribution in [2.24, 2.45) is 17.8 Å². The minimum Gasteiger partial charge on any atom is -0.481 e. The molecule has 3 heteroatoms. The zero-order chi connectivity index (χ0) is 8.01. The molecule has 2 aliphatic rings. The summed E-state index contributed by atoms with van der Waals surface area (Å²) in [5.74, 6) is -0.450. The molecule has 0 aliphatic heterocycles. The molecular formula is C8H12O3. The number of aliphatic hydroxyl groups excluding tert-OH is 1. The Morgan fingerprint density at radius 1 is 1.27 bits per heavy atom. The molecule has 11 heavy (non-hydrogen) atoms. The van der Waals surface area contributed by atoms with Gasteiger partial charge in [0.2, 0.25) is 0 Å². The molecule has 0 aromatic carbocycles. The largest absolute Gasteiger partial charge is 0.481 e. The van der Waals surface area contributed by atoms with E-state index in [2.05, 4.69) is 0 Å². The summed E-state index contributed by atoms with van der Waals surface area (Å²) in [7, 11) is 0. The highest BCUT2D eigenvalue weighted by atomic mass is 16.4. The first-order valence-corrected chi connectivity index (χ1v) is 4.09. The van der Waals surface area contributed by atoms with Crippen molar-refractivity contribution in [1.82, 2.24) is 0 Å². The van der Waals surface area contributed by atoms with Crippen molar-refractivity contribution in [2.75, 3.05) is 0 Å². The van der Waals surface area contributed by atoms with Crippen LogP contribution in [-0.4, -0.2) is 22.3 Å². The maximum atomic E-state index is 10.6. The van der Waals surface area contributed by atoms with Crippen molar-refractivity contribution >= 4 is 5.97 Å². The number of rotatable bonds is 1. The minimum absolute atomic E-state index is 0.0532. The average molecular weight is 156 g/mol. The van der Waals surface area contributed by atoms with E-state index in [-0.39, 0.29) is 17.9 Å². The molecule has 0 heterocycles. The number of fused-ring (bicyclic) bond motifs is 2. The Morgan fingerprint density at radius 2 is 2.00 bits per heavy atom. The maximum Gasteiger partial charge on any atom is 0.306 e. The summed E-state index contributed by atoms with van der Waals surface area (Å²) in [6.45, 7) is 0. The minimum atomic E-state index is -0.726. The van der Waals surface area contributed by atoms with Gasteiger partial charge in [-0.15, -0.1) is 0 Å². The Hall–Kier alpha value is -0.570. The fraction of sp³-hybridized carbons (Fsp3) is 0.875. The predicted molar refractivity (Wildman–Crippen MR) is 38.0 cm³/mol. The highest BCUT2D eigenvalue weighted by molar-refractivity contribution is 5.71. The number of carbonyl (C=O) groups is 1. The van der Waals surface area contributed by atoms with E-state index in [0.717, 1.165) is 19.3 Å². The Balaban J connectivity index is 2.12. The standard InChI is InChI=1S/C8H12O3/c9-7-3-4-1-5(7)6(2-4)8(10)11/h4-7,9H,1-3H2,(H,10,11)/t4-,5-,6+,7+/m0/s1. The third-order valence-corrected chi connectivity index (χ3v) is 3.10. The predicted octanol–water partition coefficient (Wildman–Crippen LogP) is 0.478. The van der Waals surface area contributed by atoms with Gasteiger partial charge in [0.05, 0.1) is 12.0 Å². The molecule has 2 fully saturated rings. The highest BCUT2D eigenvalue weighted by Crippen LogP contribution is 2.48. The lowest BCUT2D eigenvalue weighted by atomic mass is 9.87. The molecular weight excluding hydrogens is 144 g/mol. The van der Waals surface area contributed by atoms with E-state index in [1.54, 1.807) is 0 Å². The number of hydrogen-bond donors (Lipinski definition) is 2. The van der Waals surface area contributed by atoms with E-state index in [1.165, 1.54) is 0 Å². The van der Waals surface area contributed by atoms with Crippen LogP contribution in [0.25, 0.3) is 0 Å². The van der Waals surface area contributed by atoms with E-state index in [0.29, 0.717) is 5.92 Å². The number of aliphatic hydroxyl groups is 1. The van der Waals surface area contributed by atoms with Gasteiger partial charge in [-0.2, -0.15) is 0 Å². The van der Waals surface area contributed by atoms with E-state index in [4.69, 9.17) is 5.11 Å². The zero-order valence-corrected chi connectivity index (χ0v) is 6.23. The second-order valence-corrected chi connectivity index (χ2v) is 3.75. The van der Waals surface area contributed by atoms with Crippen molar-refractivity contribution in [3.05, 3.63) is 0 Å². The van der Waals surface area contributed by atoms with Gasteiger partial charge >= 0.3 is 5.97 Å². The van der Waals surface area contributed by atoms with Crippen LogP contribution in [-0.2, 0) is 4.79 Å². The summed E-state index contributed by atoms with van der Waals surface area (Å²) in [6, 6.07) is 0. The summed E-state index contributed by atoms with van der Waals surface area (Å²) in [5, 5.41) is 18.1. The molecule has 0 aromatic heterocycles. The van der Waals surface area contributed by atoms with Crippen LogP contribution < -0.4 is 0 Å². The summed E-state index contributed by atoms with van der Waals surface area (Å²) in [6.07, 6.45) is 2.21. The van der Waals surface area contributed by atoms with Crippen LogP contribution in [0.2, 0.25) is 0 Å². The smallest absolute Gasteiger partial charge is 0.306 e. The quantitative estimate of drug-likeness (QED) is 0.580. The number of aliphatic carboxylic acids is 1. The number of carboxylic acids is 1. The summed E-state index contributed by atoms with van der Waals surface area (Å²) >= 11 is 0. The van der Waals surface area contributed by atoms with Gasteiger partial charge in [0.15, 0.2) is 0 Å². The second-order valence-electron chi connectivity index (χ2n) is 3.75. The second kappa shape index (κ2) is 2.21. The van der Waals surface area contributed by atoms with Gasteiger partial charge in [-0.3, -0.25) is 4.79 Å². The molecule has 2 aliphatic carbocycles. The lowest BCUT2D eigenvalue weighted by Crippen LogP contribution is -2.29. The molecule has 2 rings (SSSR count). The number of hydrogen-bond acceptors (Lipinski definition) is 2. The zero-order valence-electron chi connectivity index (χ0n) is 6.23. The summed E-state index contributed by atoms with van der Waals surface area (Å²) in [5.41, 5.74) is 0. The Bertz CT molecular complexity index is 190. The molecule has 0 radical (unpaired) electrons. The number of carboxylic acid groups (broad SMARTS) is 1. The first-order valence-electron chi connectivity index (χ1n) is 4.09. The molecule has 0 aromatic rings. The topological polar surface area (TPSA) is 57.5 Å². The maximum absolute atomic E-state index is 10.6. The SMILES string of the molecule is O=C(O)[C@@H]1C[C@@H]2C[C@@H]1[C@H](O)C2. The van der Waals surface area contributed by atoms with E-state index >= 15 is 0 Å². The molecule has 0 saturated heterocycles. The molecule has 2 N–H and O–H groups in total. The summed E-state index contributed by atoms with van der Waals surface area (Å²) < 4.78 is 0. The molecule has 2 bridgehead atoms. The van der Waals surface area contributed by atoms with Gasteiger partial charge in [0, 0.05) is 0 Å². The van der Waals surface area contributed by atoms with Crippen LogP contribution >= 0.6 is 0 Å². The van der Waals surface area contributed by atoms with Crippen LogP contribution in [0.1, 0.15) is 19.3 Å². The monoisotopic (exact) mass is 156 g/mol. The first kappa shape index (κ1) is 7.10. The Morgan fingerprint density at radius 3 is 2.36 bits per heavy atom. The molecule has 0 spiro atoms. The molecule has 2 saturated carbocycles. The fourth-order valence-corrected chi connectivity index (χ4v) is 2.60. The lowest BCUT2D eigenvalue weighted by molar-refractivity contribution is -0.145. The van der Waals surface area contributed by atoms with Crippen LogP contribution in [0, 0.1) is 17.8 Å². The molecule has 0 amide bonds. The van der Waals surface area contributed by atoms with Gasteiger partial charge in [0.1, 0.15) is 0 Å². The van der Waals surface area contributed by atoms with Crippen LogP contribution in [0.15, 0.2) is 0 Å². The van der Waals surface area contributed by atoms with Gasteiger partial charge < -0.3 is 10.2 Å². The molecule has 0 unspecified atom stereocenters. The lowest BCUT2D eigenvalue weighted by Gasteiger charge is -2.22. The van der Waals surface area contributed by atoms with Crippen LogP contribution in [0.5, 0.6) is 0 Å².